The number of rotatable bonds is 11. The van der Waals surface area contributed by atoms with Crippen molar-refractivity contribution >= 4 is 25.9 Å². The number of anilines is 2. The van der Waals surface area contributed by atoms with E-state index in [1.165, 1.54) is 0 Å². The first-order valence-electron chi connectivity index (χ1n) is 16.2. The van der Waals surface area contributed by atoms with Gasteiger partial charge in [0, 0.05) is 41.6 Å². The van der Waals surface area contributed by atoms with Crippen molar-refractivity contribution in [1.82, 2.24) is 20.1 Å². The molecule has 2 heterocycles. The molecule has 1 aliphatic rings. The van der Waals surface area contributed by atoms with Crippen molar-refractivity contribution in [3.63, 3.8) is 0 Å². The normalized spacial score (nSPS) is 18.3. The summed E-state index contributed by atoms with van der Waals surface area (Å²) >= 11 is 0. The number of amides is 1. The zero-order chi connectivity index (χ0) is 33.1. The monoisotopic (exact) mass is 629 g/mol. The van der Waals surface area contributed by atoms with Crippen LogP contribution in [0.2, 0.25) is 18.1 Å². The second-order valence-corrected chi connectivity index (χ2v) is 21.3. The Morgan fingerprint density at radius 3 is 2.32 bits per heavy atom. The Bertz CT molecular complexity index is 1250. The molecular formula is C34H59N5O4Si. The van der Waals surface area contributed by atoms with E-state index in [0.29, 0.717) is 24.5 Å². The fourth-order valence-electron chi connectivity index (χ4n) is 5.16. The number of pyridine rings is 1. The molecule has 1 saturated carbocycles. The van der Waals surface area contributed by atoms with E-state index in [1.807, 2.05) is 46.8 Å². The van der Waals surface area contributed by atoms with Crippen LogP contribution in [0.4, 0.5) is 16.3 Å². The van der Waals surface area contributed by atoms with E-state index in [-0.39, 0.29) is 10.6 Å². The molecule has 9 nitrogen and oxygen atoms in total. The molecule has 0 bridgehead atoms. The summed E-state index contributed by atoms with van der Waals surface area (Å²) in [6.45, 7) is 28.1. The van der Waals surface area contributed by atoms with Gasteiger partial charge in [0.05, 0.1) is 17.8 Å². The molecule has 2 aromatic rings. The number of hydrogen-bond donors (Lipinski definition) is 2. The lowest BCUT2D eigenvalue weighted by atomic mass is 9.99. The van der Waals surface area contributed by atoms with Crippen molar-refractivity contribution in [3.8, 4) is 5.88 Å². The zero-order valence-electron chi connectivity index (χ0n) is 29.7. The molecule has 2 atom stereocenters. The predicted molar refractivity (Wildman–Crippen MR) is 182 cm³/mol. The number of carbonyl (C=O) groups excluding carboxylic acids is 1. The van der Waals surface area contributed by atoms with Gasteiger partial charge in [-0.05, 0) is 112 Å². The highest BCUT2D eigenvalue weighted by molar-refractivity contribution is 6.74. The first-order chi connectivity index (χ1) is 20.0. The highest BCUT2D eigenvalue weighted by atomic mass is 28.4. The highest BCUT2D eigenvalue weighted by Crippen LogP contribution is 2.43. The minimum absolute atomic E-state index is 0.192. The van der Waals surface area contributed by atoms with Gasteiger partial charge in [0.25, 0.3) is 0 Å². The summed E-state index contributed by atoms with van der Waals surface area (Å²) in [5.74, 6) is 1.89. The van der Waals surface area contributed by atoms with E-state index in [0.717, 1.165) is 49.3 Å². The summed E-state index contributed by atoms with van der Waals surface area (Å²) in [7, 11) is -1.81. The van der Waals surface area contributed by atoms with Crippen molar-refractivity contribution in [3.05, 3.63) is 30.1 Å². The van der Waals surface area contributed by atoms with E-state index < -0.39 is 25.6 Å². The third kappa shape index (κ3) is 10.5. The van der Waals surface area contributed by atoms with E-state index >= 15 is 0 Å². The topological polar surface area (TPSA) is 99.5 Å². The smallest absolute Gasteiger partial charge is 0.408 e. The molecule has 1 amide bonds. The molecule has 2 N–H and O–H groups in total. The van der Waals surface area contributed by atoms with Gasteiger partial charge in [-0.15, -0.1) is 0 Å². The van der Waals surface area contributed by atoms with Crippen LogP contribution in [0, 0.1) is 0 Å². The van der Waals surface area contributed by atoms with Gasteiger partial charge in [-0.25, -0.2) is 14.5 Å². The summed E-state index contributed by atoms with van der Waals surface area (Å²) in [4.78, 5) is 16.6. The number of carbonyl (C=O) groups is 1. The first kappa shape index (κ1) is 35.9. The van der Waals surface area contributed by atoms with Gasteiger partial charge >= 0.3 is 6.09 Å². The predicted octanol–water partition coefficient (Wildman–Crippen LogP) is 8.90. The maximum absolute atomic E-state index is 12.2. The van der Waals surface area contributed by atoms with Crippen molar-refractivity contribution in [2.45, 2.75) is 155 Å². The minimum atomic E-state index is -1.81. The number of aromatic nitrogens is 3. The third-order valence-corrected chi connectivity index (χ3v) is 13.0. The molecule has 0 unspecified atom stereocenters. The summed E-state index contributed by atoms with van der Waals surface area (Å²) in [6.07, 6.45) is 6.34. The quantitative estimate of drug-likeness (QED) is 0.189. The summed E-state index contributed by atoms with van der Waals surface area (Å²) in [5, 5.41) is 11.8. The van der Waals surface area contributed by atoms with Gasteiger partial charge in [-0.1, -0.05) is 20.8 Å². The van der Waals surface area contributed by atoms with Crippen molar-refractivity contribution < 1.29 is 18.7 Å². The minimum Gasteiger partial charge on any atom is -0.478 e. The van der Waals surface area contributed by atoms with Crippen LogP contribution >= 0.6 is 0 Å². The molecule has 10 heteroatoms. The second-order valence-electron chi connectivity index (χ2n) is 16.5. The van der Waals surface area contributed by atoms with Crippen LogP contribution in [0.15, 0.2) is 24.4 Å². The maximum Gasteiger partial charge on any atom is 0.408 e. The van der Waals surface area contributed by atoms with Crippen molar-refractivity contribution in [2.24, 2.45) is 0 Å². The van der Waals surface area contributed by atoms with Gasteiger partial charge < -0.3 is 24.5 Å². The third-order valence-electron chi connectivity index (χ3n) is 8.48. The molecule has 0 radical (unpaired) electrons. The number of nitrogens with one attached hydrogen (secondary N) is 2. The van der Waals surface area contributed by atoms with Crippen LogP contribution < -0.4 is 15.4 Å². The standard InChI is InChI=1S/C34H59N5O4Si/c1-31(2,3)39-28(23-27(38-39)24-15-16-26(21-24)43-44(12,13)33(7,8)9)36-25-17-19-35-29(22-25)41-20-14-18-34(10,11)37-30(40)42-32(4,5)6/h17,19,22-24,26H,14-16,18,20-21H2,1-13H3,(H,35,36)(H,37,40)/t24-,26+/m0/s1. The Morgan fingerprint density at radius 1 is 1.02 bits per heavy atom. The van der Waals surface area contributed by atoms with Crippen LogP contribution in [0.3, 0.4) is 0 Å². The van der Waals surface area contributed by atoms with Crippen molar-refractivity contribution in [1.29, 1.82) is 0 Å². The molecule has 0 saturated heterocycles. The molecule has 248 valence electrons. The second kappa shape index (κ2) is 13.4. The summed E-state index contributed by atoms with van der Waals surface area (Å²) < 4.78 is 20.2. The largest absolute Gasteiger partial charge is 0.478 e. The van der Waals surface area contributed by atoms with Gasteiger partial charge in [-0.3, -0.25) is 0 Å². The van der Waals surface area contributed by atoms with E-state index in [4.69, 9.17) is 19.0 Å². The number of nitrogens with zero attached hydrogens (tertiary/aromatic N) is 3. The molecule has 2 aromatic heterocycles. The van der Waals surface area contributed by atoms with Crippen LogP contribution in [-0.4, -0.2) is 53.0 Å². The van der Waals surface area contributed by atoms with Crippen molar-refractivity contribution in [2.75, 3.05) is 11.9 Å². The van der Waals surface area contributed by atoms with Gasteiger partial charge in [0.15, 0.2) is 8.32 Å². The average molecular weight is 630 g/mol. The van der Waals surface area contributed by atoms with Crippen LogP contribution in [0.5, 0.6) is 5.88 Å². The Balaban J connectivity index is 1.61. The van der Waals surface area contributed by atoms with Crippen LogP contribution in [-0.2, 0) is 14.7 Å². The molecule has 3 rings (SSSR count). The molecule has 0 aliphatic heterocycles. The van der Waals surface area contributed by atoms with E-state index in [2.05, 4.69) is 81.0 Å². The molecule has 44 heavy (non-hydrogen) atoms. The average Bonchev–Trinajstić information content (AvgIpc) is 3.46. The Morgan fingerprint density at radius 2 is 1.70 bits per heavy atom. The summed E-state index contributed by atoms with van der Waals surface area (Å²) in [5.41, 5.74) is 0.880. The number of hydrogen-bond acceptors (Lipinski definition) is 7. The number of ether oxygens (including phenoxy) is 2. The summed E-state index contributed by atoms with van der Waals surface area (Å²) in [6, 6.07) is 6.06. The van der Waals surface area contributed by atoms with Gasteiger partial charge in [0.2, 0.25) is 5.88 Å². The Hall–Kier alpha value is -2.59. The van der Waals surface area contributed by atoms with E-state index in [1.54, 1.807) is 6.20 Å². The maximum atomic E-state index is 12.2. The molecule has 1 aliphatic carbocycles. The number of alkyl carbamates (subject to hydrolysis) is 1. The Labute approximate surface area is 267 Å². The SMILES string of the molecule is CC(C)(CCCOc1cc(Nc2cc([C@H]3CC[C@@H](O[Si](C)(C)C(C)(C)C)C3)nn2C(C)(C)C)ccn1)NC(=O)OC(C)(C)C. The lowest BCUT2D eigenvalue weighted by Gasteiger charge is -2.38. The molecule has 0 spiro atoms. The van der Waals surface area contributed by atoms with Crippen LogP contribution in [0.25, 0.3) is 0 Å². The molecular weight excluding hydrogens is 570 g/mol. The highest BCUT2D eigenvalue weighted by Gasteiger charge is 2.41. The van der Waals surface area contributed by atoms with E-state index in [9.17, 15) is 4.79 Å². The molecule has 0 aromatic carbocycles. The zero-order valence-corrected chi connectivity index (χ0v) is 30.7. The first-order valence-corrected chi connectivity index (χ1v) is 19.1. The Kier molecular flexibility index (Phi) is 10.9. The van der Waals surface area contributed by atoms with Crippen LogP contribution in [0.1, 0.15) is 120 Å². The lowest BCUT2D eigenvalue weighted by molar-refractivity contribution is 0.0464. The molecule has 1 fully saturated rings. The fraction of sp³-hybridized carbons (Fsp3) is 0.735. The lowest BCUT2D eigenvalue weighted by Crippen LogP contribution is -2.45. The van der Waals surface area contributed by atoms with Gasteiger partial charge in [-0.2, -0.15) is 5.10 Å². The van der Waals surface area contributed by atoms with Gasteiger partial charge in [0.1, 0.15) is 11.4 Å². The fourth-order valence-corrected chi connectivity index (χ4v) is 6.56.